The molecule has 134 valence electrons. The number of thioether (sulfide) groups is 1. The fourth-order valence-corrected chi connectivity index (χ4v) is 3.59. The molecule has 0 bridgehead atoms. The van der Waals surface area contributed by atoms with Crippen molar-refractivity contribution in [1.82, 2.24) is 30.1 Å². The first kappa shape index (κ1) is 17.7. The Morgan fingerprint density at radius 1 is 1.24 bits per heavy atom. The van der Waals surface area contributed by atoms with Gasteiger partial charge in [0.2, 0.25) is 5.91 Å². The van der Waals surface area contributed by atoms with Crippen LogP contribution in [0.25, 0.3) is 0 Å². The van der Waals surface area contributed by atoms with Crippen LogP contribution in [-0.4, -0.2) is 67.9 Å². The Kier molecular flexibility index (Phi) is 5.85. The summed E-state index contributed by atoms with van der Waals surface area (Å²) < 4.78 is 1.79. The van der Waals surface area contributed by atoms with Crippen LogP contribution in [0.4, 0.5) is 5.82 Å². The maximum atomic E-state index is 12.4. The highest BCUT2D eigenvalue weighted by molar-refractivity contribution is 7.99. The third kappa shape index (κ3) is 4.47. The van der Waals surface area contributed by atoms with Gasteiger partial charge in [0.1, 0.15) is 5.82 Å². The molecule has 1 aliphatic rings. The first-order chi connectivity index (χ1) is 12.1. The number of rotatable bonds is 6. The zero-order valence-electron chi connectivity index (χ0n) is 14.6. The minimum absolute atomic E-state index is 0.175. The van der Waals surface area contributed by atoms with E-state index < -0.39 is 0 Å². The average Bonchev–Trinajstić information content (AvgIpc) is 3.11. The van der Waals surface area contributed by atoms with Gasteiger partial charge in [-0.15, -0.1) is 16.9 Å². The number of nitrogens with zero attached hydrogens (tertiary/aromatic N) is 7. The normalized spacial score (nSPS) is 15.0. The highest BCUT2D eigenvalue weighted by Gasteiger charge is 2.21. The zero-order valence-corrected chi connectivity index (χ0v) is 15.4. The number of anilines is 1. The van der Waals surface area contributed by atoms with Crippen molar-refractivity contribution in [3.63, 3.8) is 0 Å². The standard InChI is InChI=1S/C16H23N7OS/c1-13(2)23-15(18-19-20-23)11-25-12-16(24)22-9-7-21(8-10-22)14-5-3-4-6-17-14/h3-6,13H,7-12H2,1-2H3. The number of carbonyl (C=O) groups excluding carboxylic acids is 1. The lowest BCUT2D eigenvalue weighted by atomic mass is 10.3. The van der Waals surface area contributed by atoms with E-state index in [4.69, 9.17) is 0 Å². The van der Waals surface area contributed by atoms with E-state index in [2.05, 4.69) is 25.4 Å². The molecule has 1 fully saturated rings. The highest BCUT2D eigenvalue weighted by atomic mass is 32.2. The zero-order chi connectivity index (χ0) is 17.6. The minimum Gasteiger partial charge on any atom is -0.353 e. The fraction of sp³-hybridized carbons (Fsp3) is 0.562. The number of piperazine rings is 1. The number of hydrogen-bond acceptors (Lipinski definition) is 7. The van der Waals surface area contributed by atoms with Gasteiger partial charge in [-0.2, -0.15) is 0 Å². The van der Waals surface area contributed by atoms with Crippen molar-refractivity contribution < 1.29 is 4.79 Å². The topological polar surface area (TPSA) is 80.0 Å². The molecule has 9 heteroatoms. The predicted molar refractivity (Wildman–Crippen MR) is 97.4 cm³/mol. The maximum Gasteiger partial charge on any atom is 0.232 e. The lowest BCUT2D eigenvalue weighted by molar-refractivity contribution is -0.128. The Bertz CT molecular complexity index is 683. The van der Waals surface area contributed by atoms with Crippen molar-refractivity contribution in [3.05, 3.63) is 30.2 Å². The number of hydrogen-bond donors (Lipinski definition) is 0. The van der Waals surface area contributed by atoms with E-state index in [9.17, 15) is 4.79 Å². The Morgan fingerprint density at radius 2 is 2.04 bits per heavy atom. The predicted octanol–water partition coefficient (Wildman–Crippen LogP) is 1.23. The Morgan fingerprint density at radius 3 is 2.72 bits per heavy atom. The summed E-state index contributed by atoms with van der Waals surface area (Å²) in [6.07, 6.45) is 1.80. The van der Waals surface area contributed by atoms with Crippen molar-refractivity contribution in [1.29, 1.82) is 0 Å². The van der Waals surface area contributed by atoms with Gasteiger partial charge < -0.3 is 9.80 Å². The summed E-state index contributed by atoms with van der Waals surface area (Å²) in [5.41, 5.74) is 0. The van der Waals surface area contributed by atoms with Crippen molar-refractivity contribution >= 4 is 23.5 Å². The van der Waals surface area contributed by atoms with Crippen LogP contribution in [0.1, 0.15) is 25.7 Å². The molecule has 8 nitrogen and oxygen atoms in total. The second kappa shape index (κ2) is 8.28. The molecule has 25 heavy (non-hydrogen) atoms. The largest absolute Gasteiger partial charge is 0.353 e. The molecule has 0 saturated carbocycles. The third-order valence-electron chi connectivity index (χ3n) is 4.11. The van der Waals surface area contributed by atoms with Crippen LogP contribution in [0.5, 0.6) is 0 Å². The fourth-order valence-electron chi connectivity index (χ4n) is 2.76. The van der Waals surface area contributed by atoms with Crippen LogP contribution in [0.3, 0.4) is 0 Å². The molecule has 1 amide bonds. The number of aromatic nitrogens is 5. The summed E-state index contributed by atoms with van der Waals surface area (Å²) in [5.74, 6) is 3.06. The van der Waals surface area contributed by atoms with E-state index in [1.165, 1.54) is 0 Å². The molecular weight excluding hydrogens is 338 g/mol. The van der Waals surface area contributed by atoms with Crippen LogP contribution in [-0.2, 0) is 10.5 Å². The maximum absolute atomic E-state index is 12.4. The molecule has 0 spiro atoms. The second-order valence-electron chi connectivity index (χ2n) is 6.18. The lowest BCUT2D eigenvalue weighted by Gasteiger charge is -2.35. The molecule has 0 aliphatic carbocycles. The summed E-state index contributed by atoms with van der Waals surface area (Å²) >= 11 is 1.56. The van der Waals surface area contributed by atoms with E-state index in [0.29, 0.717) is 11.5 Å². The van der Waals surface area contributed by atoms with E-state index in [1.54, 1.807) is 22.6 Å². The van der Waals surface area contributed by atoms with Gasteiger partial charge in [0.25, 0.3) is 0 Å². The Hall–Kier alpha value is -2.16. The average molecular weight is 361 g/mol. The van der Waals surface area contributed by atoms with Crippen LogP contribution in [0.15, 0.2) is 24.4 Å². The SMILES string of the molecule is CC(C)n1nnnc1CSCC(=O)N1CCN(c2ccccn2)CC1. The van der Waals surface area contributed by atoms with E-state index in [1.807, 2.05) is 36.9 Å². The van der Waals surface area contributed by atoms with Crippen LogP contribution < -0.4 is 4.90 Å². The molecule has 3 heterocycles. The lowest BCUT2D eigenvalue weighted by Crippen LogP contribution is -2.49. The summed E-state index contributed by atoms with van der Waals surface area (Å²) in [6, 6.07) is 6.13. The van der Waals surface area contributed by atoms with Crippen molar-refractivity contribution in [2.75, 3.05) is 36.8 Å². The Labute approximate surface area is 151 Å². The third-order valence-corrected chi connectivity index (χ3v) is 5.03. The van der Waals surface area contributed by atoms with Crippen molar-refractivity contribution in [2.24, 2.45) is 0 Å². The number of amides is 1. The molecule has 0 aromatic carbocycles. The van der Waals surface area contributed by atoms with Gasteiger partial charge >= 0.3 is 0 Å². The molecule has 3 rings (SSSR count). The molecule has 0 unspecified atom stereocenters. The first-order valence-electron chi connectivity index (χ1n) is 8.43. The van der Waals surface area contributed by atoms with Gasteiger partial charge in [-0.1, -0.05) is 6.07 Å². The number of pyridine rings is 1. The van der Waals surface area contributed by atoms with E-state index in [-0.39, 0.29) is 11.9 Å². The molecule has 0 N–H and O–H groups in total. The van der Waals surface area contributed by atoms with Gasteiger partial charge in [-0.25, -0.2) is 9.67 Å². The quantitative estimate of drug-likeness (QED) is 0.765. The summed E-state index contributed by atoms with van der Waals surface area (Å²) in [4.78, 5) is 20.9. The first-order valence-corrected chi connectivity index (χ1v) is 9.59. The van der Waals surface area contributed by atoms with Crippen LogP contribution >= 0.6 is 11.8 Å². The molecule has 2 aromatic rings. The van der Waals surface area contributed by atoms with Crippen molar-refractivity contribution in [2.45, 2.75) is 25.6 Å². The molecule has 1 saturated heterocycles. The second-order valence-corrected chi connectivity index (χ2v) is 7.17. The van der Waals surface area contributed by atoms with Gasteiger partial charge in [-0.3, -0.25) is 4.79 Å². The van der Waals surface area contributed by atoms with Gasteiger partial charge in [0, 0.05) is 32.4 Å². The number of tetrazole rings is 1. The molecule has 0 radical (unpaired) electrons. The van der Waals surface area contributed by atoms with Gasteiger partial charge in [0.15, 0.2) is 5.82 Å². The van der Waals surface area contributed by atoms with Gasteiger partial charge in [0.05, 0.1) is 17.5 Å². The van der Waals surface area contributed by atoms with E-state index in [0.717, 1.165) is 37.8 Å². The van der Waals surface area contributed by atoms with Crippen LogP contribution in [0.2, 0.25) is 0 Å². The molecule has 0 atom stereocenters. The van der Waals surface area contributed by atoms with Crippen LogP contribution in [0, 0.1) is 0 Å². The number of carbonyl (C=O) groups is 1. The molecule has 1 aliphatic heterocycles. The van der Waals surface area contributed by atoms with Crippen molar-refractivity contribution in [3.8, 4) is 0 Å². The molecular formula is C16H23N7OS. The summed E-state index contributed by atoms with van der Waals surface area (Å²) in [5, 5.41) is 11.7. The monoisotopic (exact) mass is 361 g/mol. The smallest absolute Gasteiger partial charge is 0.232 e. The summed E-state index contributed by atoms with van der Waals surface area (Å²) in [6.45, 7) is 7.19. The summed E-state index contributed by atoms with van der Waals surface area (Å²) in [7, 11) is 0. The highest BCUT2D eigenvalue weighted by Crippen LogP contribution is 2.16. The molecule has 2 aromatic heterocycles. The Balaban J connectivity index is 1.43. The van der Waals surface area contributed by atoms with Gasteiger partial charge in [-0.05, 0) is 36.4 Å². The minimum atomic E-state index is 0.175. The van der Waals surface area contributed by atoms with E-state index >= 15 is 0 Å².